The van der Waals surface area contributed by atoms with Crippen LogP contribution in [0.5, 0.6) is 5.75 Å². The summed E-state index contributed by atoms with van der Waals surface area (Å²) in [5.41, 5.74) is 0.824. The van der Waals surface area contributed by atoms with Crippen LogP contribution in [0.25, 0.3) is 11.1 Å². The Morgan fingerprint density at radius 3 is 2.83 bits per heavy atom. The molecule has 4 heterocycles. The van der Waals surface area contributed by atoms with Gasteiger partial charge in [0.05, 0.1) is 13.7 Å². The second-order valence-electron chi connectivity index (χ2n) is 7.00. The molecule has 9 nitrogen and oxygen atoms in total. The van der Waals surface area contributed by atoms with Gasteiger partial charge in [-0.1, -0.05) is 6.07 Å². The van der Waals surface area contributed by atoms with Crippen molar-refractivity contribution in [1.29, 1.82) is 0 Å². The van der Waals surface area contributed by atoms with Crippen LogP contribution in [0.2, 0.25) is 0 Å². The van der Waals surface area contributed by atoms with Gasteiger partial charge in [-0.05, 0) is 29.8 Å². The van der Waals surface area contributed by atoms with Crippen LogP contribution in [-0.2, 0) is 16.9 Å². The van der Waals surface area contributed by atoms with E-state index in [0.29, 0.717) is 29.0 Å². The largest absolute Gasteiger partial charge is 0.497 e. The van der Waals surface area contributed by atoms with E-state index >= 15 is 0 Å². The zero-order chi connectivity index (χ0) is 20.2. The fourth-order valence-electron chi connectivity index (χ4n) is 3.82. The highest BCUT2D eigenvalue weighted by molar-refractivity contribution is 6.08. The molecule has 0 bridgehead atoms. The maximum Gasteiger partial charge on any atom is 0.322 e. The molecule has 0 radical (unpaired) electrons. The molecule has 2 aromatic heterocycles. The molecular formula is C20H16N4O5. The van der Waals surface area contributed by atoms with E-state index in [4.69, 9.17) is 9.15 Å². The van der Waals surface area contributed by atoms with Crippen molar-refractivity contribution < 1.29 is 23.5 Å². The molecule has 29 heavy (non-hydrogen) atoms. The van der Waals surface area contributed by atoms with Gasteiger partial charge in [0.25, 0.3) is 11.8 Å². The Balaban J connectivity index is 1.54. The number of rotatable bonds is 4. The molecule has 0 spiro atoms. The van der Waals surface area contributed by atoms with Crippen LogP contribution in [-0.4, -0.2) is 41.4 Å². The molecule has 0 aliphatic carbocycles. The number of urea groups is 1. The molecule has 146 valence electrons. The number of imide groups is 1. The van der Waals surface area contributed by atoms with Gasteiger partial charge in [0.1, 0.15) is 17.0 Å². The first kappa shape index (κ1) is 17.2. The second kappa shape index (κ2) is 6.06. The Morgan fingerprint density at radius 2 is 2.10 bits per heavy atom. The number of benzene rings is 1. The summed E-state index contributed by atoms with van der Waals surface area (Å²) in [4.78, 5) is 43.5. The van der Waals surface area contributed by atoms with Crippen molar-refractivity contribution in [2.75, 3.05) is 13.7 Å². The summed E-state index contributed by atoms with van der Waals surface area (Å²) >= 11 is 0. The molecule has 2 aliphatic rings. The summed E-state index contributed by atoms with van der Waals surface area (Å²) in [5.74, 6) is -0.0378. The molecule has 0 saturated carbocycles. The number of nitrogens with one attached hydrogen (secondary N) is 2. The summed E-state index contributed by atoms with van der Waals surface area (Å²) in [5, 5.41) is 4.90. The highest BCUT2D eigenvalue weighted by Gasteiger charge is 2.53. The summed E-state index contributed by atoms with van der Waals surface area (Å²) in [6.45, 7) is 0.224. The SMILES string of the molecule is COc1ccc2c(c1)C(=O)N(C[C@]1(c3cc4ncccc4o3)NC(=O)NC1=O)C2. The number of hydrogen-bond acceptors (Lipinski definition) is 6. The first-order valence-electron chi connectivity index (χ1n) is 8.95. The van der Waals surface area contributed by atoms with Crippen molar-refractivity contribution in [2.24, 2.45) is 0 Å². The monoisotopic (exact) mass is 392 g/mol. The molecule has 0 unspecified atom stereocenters. The average molecular weight is 392 g/mol. The molecule has 4 amide bonds. The standard InChI is InChI=1S/C20H16N4O5/c1-28-12-5-4-11-9-24(17(25)13(11)7-12)10-20(18(26)22-19(27)23-20)16-8-14-15(29-16)3-2-6-21-14/h2-8H,9-10H2,1H3,(H2,22,23,26,27)/t20-/m1/s1. The number of amides is 4. The molecule has 2 N–H and O–H groups in total. The van der Waals surface area contributed by atoms with Gasteiger partial charge < -0.3 is 19.4 Å². The molecule has 9 heteroatoms. The summed E-state index contributed by atoms with van der Waals surface area (Å²) in [7, 11) is 1.53. The number of methoxy groups -OCH3 is 1. The topological polar surface area (TPSA) is 114 Å². The Morgan fingerprint density at radius 1 is 1.24 bits per heavy atom. The lowest BCUT2D eigenvalue weighted by atomic mass is 9.95. The lowest BCUT2D eigenvalue weighted by molar-refractivity contribution is -0.125. The van der Waals surface area contributed by atoms with E-state index in [1.165, 1.54) is 12.0 Å². The number of fused-ring (bicyclic) bond motifs is 2. The van der Waals surface area contributed by atoms with Crippen molar-refractivity contribution in [3.8, 4) is 5.75 Å². The fraction of sp³-hybridized carbons (Fsp3) is 0.200. The smallest absolute Gasteiger partial charge is 0.322 e. The Hall–Kier alpha value is -3.88. The molecule has 3 aromatic rings. The van der Waals surface area contributed by atoms with Gasteiger partial charge in [0.15, 0.2) is 11.1 Å². The highest BCUT2D eigenvalue weighted by atomic mass is 16.5. The number of pyridine rings is 1. The third-order valence-corrected chi connectivity index (χ3v) is 5.27. The van der Waals surface area contributed by atoms with E-state index in [2.05, 4.69) is 15.6 Å². The van der Waals surface area contributed by atoms with Gasteiger partial charge in [-0.3, -0.25) is 19.9 Å². The third kappa shape index (κ3) is 2.54. The summed E-state index contributed by atoms with van der Waals surface area (Å²) in [6.07, 6.45) is 1.61. The fourth-order valence-corrected chi connectivity index (χ4v) is 3.82. The zero-order valence-corrected chi connectivity index (χ0v) is 15.4. The summed E-state index contributed by atoms with van der Waals surface area (Å²) < 4.78 is 11.0. The Bertz CT molecular complexity index is 1150. The average Bonchev–Trinajstić information content (AvgIpc) is 3.36. The Kier molecular flexibility index (Phi) is 3.60. The number of ether oxygens (including phenoxy) is 1. The van der Waals surface area contributed by atoms with Crippen molar-refractivity contribution in [2.45, 2.75) is 12.1 Å². The third-order valence-electron chi connectivity index (χ3n) is 5.27. The van der Waals surface area contributed by atoms with Crippen molar-refractivity contribution >= 4 is 28.9 Å². The van der Waals surface area contributed by atoms with E-state index < -0.39 is 17.5 Å². The molecule has 1 fully saturated rings. The van der Waals surface area contributed by atoms with E-state index in [9.17, 15) is 14.4 Å². The highest BCUT2D eigenvalue weighted by Crippen LogP contribution is 2.34. The van der Waals surface area contributed by atoms with Gasteiger partial charge in [0.2, 0.25) is 0 Å². The molecule has 1 saturated heterocycles. The number of carbonyl (C=O) groups is 3. The van der Waals surface area contributed by atoms with Crippen LogP contribution in [0.1, 0.15) is 21.7 Å². The van der Waals surface area contributed by atoms with Gasteiger partial charge >= 0.3 is 6.03 Å². The quantitative estimate of drug-likeness (QED) is 0.651. The van der Waals surface area contributed by atoms with Crippen LogP contribution < -0.4 is 15.4 Å². The van der Waals surface area contributed by atoms with Crippen molar-refractivity contribution in [3.63, 3.8) is 0 Å². The van der Waals surface area contributed by atoms with Crippen LogP contribution in [0.4, 0.5) is 4.79 Å². The Labute approximate surface area is 164 Å². The lowest BCUT2D eigenvalue weighted by Gasteiger charge is -2.28. The van der Waals surface area contributed by atoms with Crippen molar-refractivity contribution in [3.05, 3.63) is 59.5 Å². The van der Waals surface area contributed by atoms with Gasteiger partial charge in [-0.15, -0.1) is 0 Å². The van der Waals surface area contributed by atoms with E-state index in [-0.39, 0.29) is 18.2 Å². The van der Waals surface area contributed by atoms with E-state index in [0.717, 1.165) is 5.56 Å². The maximum absolute atomic E-state index is 13.0. The first-order valence-corrected chi connectivity index (χ1v) is 8.95. The number of furan rings is 1. The minimum atomic E-state index is -1.54. The van der Waals surface area contributed by atoms with Crippen molar-refractivity contribution in [1.82, 2.24) is 20.5 Å². The number of hydrogen-bond donors (Lipinski definition) is 2. The second-order valence-corrected chi connectivity index (χ2v) is 7.00. The number of nitrogens with zero attached hydrogens (tertiary/aromatic N) is 2. The normalized spacial score (nSPS) is 20.7. The van der Waals surface area contributed by atoms with Crippen LogP contribution in [0, 0.1) is 0 Å². The van der Waals surface area contributed by atoms with Gasteiger partial charge in [-0.2, -0.15) is 0 Å². The molecule has 1 atom stereocenters. The molecule has 2 aliphatic heterocycles. The van der Waals surface area contributed by atoms with Crippen LogP contribution in [0.15, 0.2) is 47.0 Å². The van der Waals surface area contributed by atoms with E-state index in [1.54, 1.807) is 36.5 Å². The van der Waals surface area contributed by atoms with E-state index in [1.807, 2.05) is 6.07 Å². The van der Waals surface area contributed by atoms with Crippen LogP contribution in [0.3, 0.4) is 0 Å². The number of carbonyl (C=O) groups excluding carboxylic acids is 3. The van der Waals surface area contributed by atoms with Gasteiger partial charge in [0, 0.05) is 24.4 Å². The predicted octanol–water partition coefficient (Wildman–Crippen LogP) is 1.53. The predicted molar refractivity (Wildman–Crippen MR) is 100 cm³/mol. The maximum atomic E-state index is 13.0. The number of aromatic nitrogens is 1. The minimum Gasteiger partial charge on any atom is -0.497 e. The van der Waals surface area contributed by atoms with Crippen LogP contribution >= 0.6 is 0 Å². The minimum absolute atomic E-state index is 0.0831. The first-order chi connectivity index (χ1) is 14.0. The summed E-state index contributed by atoms with van der Waals surface area (Å²) in [6, 6.07) is 9.66. The molecular weight excluding hydrogens is 376 g/mol. The zero-order valence-electron chi connectivity index (χ0n) is 15.4. The van der Waals surface area contributed by atoms with Gasteiger partial charge in [-0.25, -0.2) is 4.79 Å². The lowest BCUT2D eigenvalue weighted by Crippen LogP contribution is -2.52. The molecule has 1 aromatic carbocycles. The molecule has 5 rings (SSSR count).